The minimum absolute atomic E-state index is 0.234. The summed E-state index contributed by atoms with van der Waals surface area (Å²) in [6.45, 7) is 3.82. The van der Waals surface area contributed by atoms with Crippen LogP contribution < -0.4 is 10.2 Å². The number of carbonyl (C=O) groups is 2. The first kappa shape index (κ1) is 20.0. The van der Waals surface area contributed by atoms with Gasteiger partial charge >= 0.3 is 5.97 Å². The Morgan fingerprint density at radius 3 is 2.38 bits per heavy atom. The molecule has 3 aromatic rings. The summed E-state index contributed by atoms with van der Waals surface area (Å²) in [7, 11) is 1.70. The molecule has 7 nitrogen and oxygen atoms in total. The molecule has 0 aliphatic carbocycles. The molecule has 148 valence electrons. The van der Waals surface area contributed by atoms with Gasteiger partial charge in [-0.1, -0.05) is 18.2 Å². The van der Waals surface area contributed by atoms with Gasteiger partial charge in [-0.3, -0.25) is 4.79 Å². The molecule has 0 saturated carbocycles. The van der Waals surface area contributed by atoms with E-state index < -0.39 is 0 Å². The van der Waals surface area contributed by atoms with Crippen molar-refractivity contribution in [3.8, 4) is 0 Å². The number of nitrogens with zero attached hydrogens (tertiary/aromatic N) is 3. The van der Waals surface area contributed by atoms with Crippen molar-refractivity contribution >= 4 is 29.1 Å². The van der Waals surface area contributed by atoms with Crippen molar-refractivity contribution < 1.29 is 14.3 Å². The third-order valence-electron chi connectivity index (χ3n) is 4.17. The lowest BCUT2D eigenvalue weighted by atomic mass is 10.2. The first-order valence-corrected chi connectivity index (χ1v) is 9.21. The zero-order chi connectivity index (χ0) is 20.8. The zero-order valence-corrected chi connectivity index (χ0v) is 16.5. The molecule has 2 aromatic carbocycles. The fourth-order valence-electron chi connectivity index (χ4n) is 2.73. The van der Waals surface area contributed by atoms with Crippen LogP contribution in [0.2, 0.25) is 0 Å². The molecule has 3 rings (SSSR count). The third-order valence-corrected chi connectivity index (χ3v) is 4.17. The summed E-state index contributed by atoms with van der Waals surface area (Å²) in [5.74, 6) is 0.366. The van der Waals surface area contributed by atoms with Crippen LogP contribution in [0.15, 0.2) is 60.7 Å². The topological polar surface area (TPSA) is 84.4 Å². The molecule has 0 aliphatic rings. The number of hydrogen-bond donors (Lipinski definition) is 1. The minimum atomic E-state index is -0.367. The molecule has 0 atom stereocenters. The smallest absolute Gasteiger partial charge is 0.338 e. The van der Waals surface area contributed by atoms with Gasteiger partial charge in [-0.25, -0.2) is 14.8 Å². The van der Waals surface area contributed by atoms with Gasteiger partial charge in [0, 0.05) is 24.5 Å². The van der Waals surface area contributed by atoms with Crippen LogP contribution in [0, 0.1) is 6.92 Å². The van der Waals surface area contributed by atoms with Crippen molar-refractivity contribution in [2.24, 2.45) is 0 Å². The Morgan fingerprint density at radius 1 is 1.03 bits per heavy atom. The maximum Gasteiger partial charge on any atom is 0.338 e. The van der Waals surface area contributed by atoms with E-state index in [9.17, 15) is 9.59 Å². The molecule has 29 heavy (non-hydrogen) atoms. The van der Waals surface area contributed by atoms with Gasteiger partial charge < -0.3 is 15.0 Å². The highest BCUT2D eigenvalue weighted by molar-refractivity contribution is 6.04. The van der Waals surface area contributed by atoms with Crippen LogP contribution in [-0.4, -0.2) is 35.5 Å². The summed E-state index contributed by atoms with van der Waals surface area (Å²) >= 11 is 0. The van der Waals surface area contributed by atoms with E-state index in [0.29, 0.717) is 23.8 Å². The molecule has 7 heteroatoms. The highest BCUT2D eigenvalue weighted by Crippen LogP contribution is 2.19. The molecule has 0 aliphatic heterocycles. The second kappa shape index (κ2) is 8.97. The highest BCUT2D eigenvalue weighted by atomic mass is 16.5. The van der Waals surface area contributed by atoms with Gasteiger partial charge in [0.1, 0.15) is 17.3 Å². The summed E-state index contributed by atoms with van der Waals surface area (Å²) in [6.07, 6.45) is 0. The van der Waals surface area contributed by atoms with Gasteiger partial charge in [0.15, 0.2) is 0 Å². The van der Waals surface area contributed by atoms with Gasteiger partial charge in [-0.15, -0.1) is 0 Å². The molecular weight excluding hydrogens is 368 g/mol. The maximum absolute atomic E-state index is 12.8. The van der Waals surface area contributed by atoms with E-state index in [1.54, 1.807) is 56.1 Å². The lowest BCUT2D eigenvalue weighted by molar-refractivity contribution is 0.0526. The Labute approximate surface area is 169 Å². The number of ether oxygens (including phenoxy) is 1. The third kappa shape index (κ3) is 4.95. The first-order valence-electron chi connectivity index (χ1n) is 9.21. The van der Waals surface area contributed by atoms with Gasteiger partial charge in [0.05, 0.1) is 12.2 Å². The van der Waals surface area contributed by atoms with Crippen LogP contribution in [0.3, 0.4) is 0 Å². The zero-order valence-electron chi connectivity index (χ0n) is 16.5. The Balaban J connectivity index is 1.78. The van der Waals surface area contributed by atoms with Gasteiger partial charge in [0.25, 0.3) is 5.91 Å². The molecular formula is C22H22N4O3. The van der Waals surface area contributed by atoms with Gasteiger partial charge in [-0.05, 0) is 50.2 Å². The Hall–Kier alpha value is -3.74. The summed E-state index contributed by atoms with van der Waals surface area (Å²) in [4.78, 5) is 34.8. The van der Waals surface area contributed by atoms with Crippen LogP contribution in [0.1, 0.15) is 33.6 Å². The van der Waals surface area contributed by atoms with Gasteiger partial charge in [0.2, 0.25) is 0 Å². The van der Waals surface area contributed by atoms with E-state index in [1.807, 2.05) is 30.3 Å². The molecule has 0 bridgehead atoms. The lowest BCUT2D eigenvalue weighted by Gasteiger charge is -2.17. The van der Waals surface area contributed by atoms with Crippen molar-refractivity contribution in [2.45, 2.75) is 13.8 Å². The number of rotatable bonds is 6. The Bertz CT molecular complexity index is 1000. The highest BCUT2D eigenvalue weighted by Gasteiger charge is 2.17. The largest absolute Gasteiger partial charge is 0.462 e. The van der Waals surface area contributed by atoms with Crippen LogP contribution >= 0.6 is 0 Å². The van der Waals surface area contributed by atoms with E-state index in [0.717, 1.165) is 11.4 Å². The van der Waals surface area contributed by atoms with Crippen LogP contribution in [0.5, 0.6) is 0 Å². The van der Waals surface area contributed by atoms with Crippen LogP contribution in [0.4, 0.5) is 17.2 Å². The average Bonchev–Trinajstić information content (AvgIpc) is 2.73. The second-order valence-corrected chi connectivity index (χ2v) is 6.31. The van der Waals surface area contributed by atoms with Gasteiger partial charge in [-0.2, -0.15) is 0 Å². The molecule has 0 fully saturated rings. The number of carbonyl (C=O) groups excluding carboxylic acids is 2. The number of hydrogen-bond acceptors (Lipinski definition) is 6. The predicted octanol–water partition coefficient (Wildman–Crippen LogP) is 3.98. The molecule has 0 unspecified atom stereocenters. The number of anilines is 3. The monoisotopic (exact) mass is 390 g/mol. The summed E-state index contributed by atoms with van der Waals surface area (Å²) < 4.78 is 4.98. The molecule has 1 N–H and O–H groups in total. The number of amides is 1. The lowest BCUT2D eigenvalue weighted by Crippen LogP contribution is -2.27. The number of aryl methyl sites for hydroxylation is 1. The number of para-hydroxylation sites is 1. The second-order valence-electron chi connectivity index (χ2n) is 6.31. The molecule has 0 spiro atoms. The quantitative estimate of drug-likeness (QED) is 0.641. The molecule has 0 radical (unpaired) electrons. The molecule has 1 amide bonds. The Morgan fingerprint density at radius 2 is 1.72 bits per heavy atom. The van der Waals surface area contributed by atoms with E-state index in [2.05, 4.69) is 15.3 Å². The number of esters is 1. The average molecular weight is 390 g/mol. The number of nitrogens with one attached hydrogen (secondary N) is 1. The van der Waals surface area contributed by atoms with Crippen molar-refractivity contribution in [2.75, 3.05) is 23.9 Å². The van der Waals surface area contributed by atoms with E-state index in [1.165, 1.54) is 0 Å². The molecule has 1 heterocycles. The van der Waals surface area contributed by atoms with Crippen molar-refractivity contribution in [3.05, 3.63) is 77.7 Å². The fourth-order valence-corrected chi connectivity index (χ4v) is 2.73. The standard InChI is InChI=1S/C22H22N4O3/c1-4-29-22(28)16-10-12-17(13-11-16)25-20-14-19(23-15(2)24-20)21(27)26(3)18-8-6-5-7-9-18/h5-14H,4H2,1-3H3,(H,23,24,25). The number of benzene rings is 2. The first-order chi connectivity index (χ1) is 14.0. The van der Waals surface area contributed by atoms with Crippen molar-refractivity contribution in [3.63, 3.8) is 0 Å². The van der Waals surface area contributed by atoms with Crippen LogP contribution in [0.25, 0.3) is 0 Å². The van der Waals surface area contributed by atoms with Crippen LogP contribution in [-0.2, 0) is 4.74 Å². The molecule has 0 saturated heterocycles. The summed E-state index contributed by atoms with van der Waals surface area (Å²) in [6, 6.07) is 17.8. The Kier molecular flexibility index (Phi) is 6.19. The van der Waals surface area contributed by atoms with E-state index >= 15 is 0 Å². The maximum atomic E-state index is 12.8. The van der Waals surface area contributed by atoms with Crippen molar-refractivity contribution in [1.82, 2.24) is 9.97 Å². The minimum Gasteiger partial charge on any atom is -0.462 e. The molecule has 1 aromatic heterocycles. The van der Waals surface area contributed by atoms with Crippen molar-refractivity contribution in [1.29, 1.82) is 0 Å². The summed E-state index contributed by atoms with van der Waals surface area (Å²) in [5, 5.41) is 3.14. The fraction of sp³-hybridized carbons (Fsp3) is 0.182. The van der Waals surface area contributed by atoms with E-state index in [4.69, 9.17) is 4.74 Å². The SMILES string of the molecule is CCOC(=O)c1ccc(Nc2cc(C(=O)N(C)c3ccccc3)nc(C)n2)cc1. The predicted molar refractivity (Wildman–Crippen MR) is 112 cm³/mol. The van der Waals surface area contributed by atoms with E-state index in [-0.39, 0.29) is 17.6 Å². The number of aromatic nitrogens is 2. The normalized spacial score (nSPS) is 10.3. The summed E-state index contributed by atoms with van der Waals surface area (Å²) in [5.41, 5.74) is 2.26.